The summed E-state index contributed by atoms with van der Waals surface area (Å²) < 4.78 is 5.30. The lowest BCUT2D eigenvalue weighted by atomic mass is 10.2. The lowest BCUT2D eigenvalue weighted by Crippen LogP contribution is -2.47. The fourth-order valence-electron chi connectivity index (χ4n) is 1.89. The molecule has 1 fully saturated rings. The van der Waals surface area contributed by atoms with Crippen LogP contribution >= 0.6 is 0 Å². The fraction of sp³-hybridized carbons (Fsp3) is 0.583. The number of amides is 1. The van der Waals surface area contributed by atoms with E-state index in [0.29, 0.717) is 18.3 Å². The molecule has 98 valence electrons. The molecular formula is C12H18N4O2. The first-order valence-corrected chi connectivity index (χ1v) is 6.13. The third-order valence-corrected chi connectivity index (χ3v) is 3.02. The second-order valence-corrected chi connectivity index (χ2v) is 4.30. The van der Waals surface area contributed by atoms with Gasteiger partial charge in [-0.1, -0.05) is 0 Å². The van der Waals surface area contributed by atoms with Crippen molar-refractivity contribution in [2.24, 2.45) is 0 Å². The molecule has 1 saturated heterocycles. The van der Waals surface area contributed by atoms with Crippen LogP contribution in [0.15, 0.2) is 18.6 Å². The minimum absolute atomic E-state index is 0.178. The number of hydrogen-bond acceptors (Lipinski definition) is 5. The van der Waals surface area contributed by atoms with Gasteiger partial charge in [-0.2, -0.15) is 0 Å². The average Bonchev–Trinajstić information content (AvgIpc) is 2.46. The molecule has 0 aliphatic carbocycles. The van der Waals surface area contributed by atoms with Gasteiger partial charge in [0.05, 0.1) is 19.4 Å². The first kappa shape index (κ1) is 12.9. The Labute approximate surface area is 106 Å². The molecule has 1 amide bonds. The van der Waals surface area contributed by atoms with Crippen LogP contribution in [0, 0.1) is 0 Å². The predicted molar refractivity (Wildman–Crippen MR) is 66.2 cm³/mol. The maximum atomic E-state index is 11.8. The number of morpholine rings is 1. The highest BCUT2D eigenvalue weighted by Crippen LogP contribution is 2.02. The molecule has 1 aliphatic rings. The summed E-state index contributed by atoms with van der Waals surface area (Å²) in [6, 6.07) is 0.300. The minimum Gasteiger partial charge on any atom is -0.379 e. The number of ether oxygens (including phenoxy) is 1. The largest absolute Gasteiger partial charge is 0.379 e. The Morgan fingerprint density at radius 2 is 2.28 bits per heavy atom. The van der Waals surface area contributed by atoms with Gasteiger partial charge in [0.15, 0.2) is 0 Å². The van der Waals surface area contributed by atoms with Crippen LogP contribution in [-0.4, -0.2) is 59.7 Å². The maximum Gasteiger partial charge on any atom is 0.271 e. The van der Waals surface area contributed by atoms with Gasteiger partial charge in [0.1, 0.15) is 5.69 Å². The first-order valence-electron chi connectivity index (χ1n) is 6.13. The van der Waals surface area contributed by atoms with Gasteiger partial charge in [0, 0.05) is 38.1 Å². The number of nitrogens with one attached hydrogen (secondary N) is 1. The lowest BCUT2D eigenvalue weighted by Gasteiger charge is -2.32. The summed E-state index contributed by atoms with van der Waals surface area (Å²) in [7, 11) is 0. The summed E-state index contributed by atoms with van der Waals surface area (Å²) >= 11 is 0. The van der Waals surface area contributed by atoms with E-state index < -0.39 is 0 Å². The summed E-state index contributed by atoms with van der Waals surface area (Å²) in [5.74, 6) is -0.178. The van der Waals surface area contributed by atoms with Crippen molar-refractivity contribution in [3.8, 4) is 0 Å². The Hall–Kier alpha value is -1.53. The van der Waals surface area contributed by atoms with E-state index >= 15 is 0 Å². The van der Waals surface area contributed by atoms with Gasteiger partial charge < -0.3 is 10.1 Å². The number of nitrogens with zero attached hydrogens (tertiary/aromatic N) is 3. The zero-order valence-electron chi connectivity index (χ0n) is 10.5. The molecule has 0 radical (unpaired) electrons. The van der Waals surface area contributed by atoms with E-state index in [9.17, 15) is 4.79 Å². The smallest absolute Gasteiger partial charge is 0.271 e. The molecule has 0 spiro atoms. The Bertz CT molecular complexity index is 379. The molecule has 1 N–H and O–H groups in total. The monoisotopic (exact) mass is 250 g/mol. The van der Waals surface area contributed by atoms with E-state index in [1.165, 1.54) is 12.4 Å². The lowest BCUT2D eigenvalue weighted by molar-refractivity contribution is 0.0204. The molecule has 2 rings (SSSR count). The van der Waals surface area contributed by atoms with Gasteiger partial charge in [-0.25, -0.2) is 4.98 Å². The maximum absolute atomic E-state index is 11.8. The van der Waals surface area contributed by atoms with Crippen LogP contribution in [0.2, 0.25) is 0 Å². The molecule has 1 atom stereocenters. The van der Waals surface area contributed by atoms with Crippen molar-refractivity contribution in [2.45, 2.75) is 13.0 Å². The van der Waals surface area contributed by atoms with Crippen molar-refractivity contribution in [3.05, 3.63) is 24.3 Å². The van der Waals surface area contributed by atoms with E-state index in [0.717, 1.165) is 26.3 Å². The number of aromatic nitrogens is 2. The van der Waals surface area contributed by atoms with Crippen LogP contribution in [0.1, 0.15) is 17.4 Å². The first-order chi connectivity index (χ1) is 8.77. The molecular weight excluding hydrogens is 232 g/mol. The van der Waals surface area contributed by atoms with Crippen molar-refractivity contribution in [3.63, 3.8) is 0 Å². The summed E-state index contributed by atoms with van der Waals surface area (Å²) in [5, 5.41) is 2.87. The van der Waals surface area contributed by atoms with Gasteiger partial charge in [-0.3, -0.25) is 14.7 Å². The molecule has 0 unspecified atom stereocenters. The third kappa shape index (κ3) is 3.48. The second-order valence-electron chi connectivity index (χ2n) is 4.30. The molecule has 0 aromatic carbocycles. The minimum atomic E-state index is -0.178. The fourth-order valence-corrected chi connectivity index (χ4v) is 1.89. The van der Waals surface area contributed by atoms with Crippen LogP contribution in [0.4, 0.5) is 0 Å². The average molecular weight is 250 g/mol. The van der Waals surface area contributed by atoms with Gasteiger partial charge in [-0.15, -0.1) is 0 Å². The van der Waals surface area contributed by atoms with E-state index in [4.69, 9.17) is 4.74 Å². The predicted octanol–water partition coefficient (Wildman–Crippen LogP) is -0.0729. The standard InChI is InChI=1S/C12H18N4O2/c1-10(16-4-6-18-7-5-16)8-15-12(17)11-9-13-2-3-14-11/h2-3,9-10H,4-8H2,1H3,(H,15,17)/t10-/m1/s1. The van der Waals surface area contributed by atoms with Gasteiger partial charge in [0.2, 0.25) is 0 Å². The number of carbonyl (C=O) groups excluding carboxylic acids is 1. The molecule has 1 aromatic heterocycles. The van der Waals surface area contributed by atoms with Crippen molar-refractivity contribution in [1.82, 2.24) is 20.2 Å². The van der Waals surface area contributed by atoms with Crippen LogP contribution in [0.5, 0.6) is 0 Å². The highest BCUT2D eigenvalue weighted by atomic mass is 16.5. The summed E-state index contributed by atoms with van der Waals surface area (Å²) in [5.41, 5.74) is 0.353. The van der Waals surface area contributed by atoms with E-state index in [1.807, 2.05) is 0 Å². The Kier molecular flexibility index (Phi) is 4.60. The van der Waals surface area contributed by atoms with Crippen molar-refractivity contribution < 1.29 is 9.53 Å². The van der Waals surface area contributed by atoms with Crippen LogP contribution < -0.4 is 5.32 Å². The molecule has 18 heavy (non-hydrogen) atoms. The van der Waals surface area contributed by atoms with Crippen LogP contribution in [0.3, 0.4) is 0 Å². The third-order valence-electron chi connectivity index (χ3n) is 3.02. The van der Waals surface area contributed by atoms with Crippen LogP contribution in [-0.2, 0) is 4.74 Å². The van der Waals surface area contributed by atoms with E-state index in [-0.39, 0.29) is 5.91 Å². The SMILES string of the molecule is C[C@H](CNC(=O)c1cnccn1)N1CCOCC1. The summed E-state index contributed by atoms with van der Waals surface area (Å²) in [6.07, 6.45) is 4.53. The zero-order chi connectivity index (χ0) is 12.8. The number of rotatable bonds is 4. The molecule has 0 saturated carbocycles. The summed E-state index contributed by atoms with van der Waals surface area (Å²) in [6.45, 7) is 6.08. The van der Waals surface area contributed by atoms with Gasteiger partial charge >= 0.3 is 0 Å². The van der Waals surface area contributed by atoms with E-state index in [1.54, 1.807) is 6.20 Å². The molecule has 2 heterocycles. The molecule has 6 nitrogen and oxygen atoms in total. The quantitative estimate of drug-likeness (QED) is 0.810. The zero-order valence-corrected chi connectivity index (χ0v) is 10.5. The van der Waals surface area contributed by atoms with Crippen molar-refractivity contribution >= 4 is 5.91 Å². The highest BCUT2D eigenvalue weighted by Gasteiger charge is 2.17. The number of hydrogen-bond donors (Lipinski definition) is 1. The van der Waals surface area contributed by atoms with Crippen molar-refractivity contribution in [1.29, 1.82) is 0 Å². The van der Waals surface area contributed by atoms with E-state index in [2.05, 4.69) is 27.1 Å². The Balaban J connectivity index is 1.78. The molecule has 6 heteroatoms. The number of carbonyl (C=O) groups is 1. The molecule has 0 bridgehead atoms. The molecule has 1 aromatic rings. The normalized spacial score (nSPS) is 18.3. The topological polar surface area (TPSA) is 67.4 Å². The second kappa shape index (κ2) is 6.42. The Morgan fingerprint density at radius 1 is 1.50 bits per heavy atom. The van der Waals surface area contributed by atoms with Gasteiger partial charge in [-0.05, 0) is 6.92 Å². The Morgan fingerprint density at radius 3 is 2.94 bits per heavy atom. The van der Waals surface area contributed by atoms with Crippen molar-refractivity contribution in [2.75, 3.05) is 32.8 Å². The van der Waals surface area contributed by atoms with Gasteiger partial charge in [0.25, 0.3) is 5.91 Å². The molecule has 1 aliphatic heterocycles. The highest BCUT2D eigenvalue weighted by molar-refractivity contribution is 5.91. The summed E-state index contributed by atoms with van der Waals surface area (Å²) in [4.78, 5) is 21.9. The van der Waals surface area contributed by atoms with Crippen LogP contribution in [0.25, 0.3) is 0 Å².